The van der Waals surface area contributed by atoms with E-state index in [0.29, 0.717) is 23.7 Å². The van der Waals surface area contributed by atoms with Gasteiger partial charge in [-0.15, -0.1) is 11.3 Å². The van der Waals surface area contributed by atoms with Crippen LogP contribution in [0.5, 0.6) is 0 Å². The highest BCUT2D eigenvalue weighted by Gasteiger charge is 2.11. The molecule has 0 aliphatic rings. The summed E-state index contributed by atoms with van der Waals surface area (Å²) in [4.78, 5) is 24.4. The van der Waals surface area contributed by atoms with Crippen molar-refractivity contribution in [2.75, 3.05) is 32.5 Å². The van der Waals surface area contributed by atoms with Crippen molar-refractivity contribution in [2.24, 2.45) is 0 Å². The van der Waals surface area contributed by atoms with Crippen LogP contribution in [0.25, 0.3) is 0 Å². The standard InChI is InChI=1S/C11H17N3O3S/c1-7-8(12)5-9(18-7)11(16)14-6-10(15)13-3-4-17-2/h5H,3-4,6,12H2,1-2H3,(H,13,15)(H,14,16). The van der Waals surface area contributed by atoms with Gasteiger partial charge in [-0.2, -0.15) is 0 Å². The number of carbonyl (C=O) groups is 2. The molecule has 0 spiro atoms. The molecule has 0 saturated heterocycles. The summed E-state index contributed by atoms with van der Waals surface area (Å²) in [6.45, 7) is 2.66. The maximum Gasteiger partial charge on any atom is 0.261 e. The first-order valence-corrected chi connectivity index (χ1v) is 6.26. The van der Waals surface area contributed by atoms with E-state index in [1.54, 1.807) is 13.2 Å². The molecule has 0 bridgehead atoms. The molecule has 0 aliphatic carbocycles. The Labute approximate surface area is 110 Å². The number of rotatable bonds is 6. The van der Waals surface area contributed by atoms with Gasteiger partial charge in [-0.1, -0.05) is 0 Å². The third kappa shape index (κ3) is 4.34. The monoisotopic (exact) mass is 271 g/mol. The number of ether oxygens (including phenoxy) is 1. The molecule has 18 heavy (non-hydrogen) atoms. The predicted molar refractivity (Wildman–Crippen MR) is 70.7 cm³/mol. The molecule has 0 unspecified atom stereocenters. The SMILES string of the molecule is COCCNC(=O)CNC(=O)c1cc(N)c(C)s1. The molecule has 7 heteroatoms. The molecule has 0 aromatic carbocycles. The third-order valence-electron chi connectivity index (χ3n) is 2.22. The van der Waals surface area contributed by atoms with E-state index in [1.807, 2.05) is 6.92 Å². The molecule has 2 amide bonds. The molecule has 0 atom stereocenters. The highest BCUT2D eigenvalue weighted by molar-refractivity contribution is 7.14. The van der Waals surface area contributed by atoms with E-state index < -0.39 is 0 Å². The Bertz CT molecular complexity index is 412. The Balaban J connectivity index is 2.35. The maximum atomic E-state index is 11.7. The van der Waals surface area contributed by atoms with Crippen LogP contribution in [0, 0.1) is 6.92 Å². The first-order valence-electron chi connectivity index (χ1n) is 5.44. The molecular formula is C11H17N3O3S. The fourth-order valence-electron chi connectivity index (χ4n) is 1.21. The molecule has 1 aromatic rings. The average Bonchev–Trinajstić information content (AvgIpc) is 2.67. The normalized spacial score (nSPS) is 10.1. The summed E-state index contributed by atoms with van der Waals surface area (Å²) in [6, 6.07) is 1.61. The van der Waals surface area contributed by atoms with E-state index in [2.05, 4.69) is 10.6 Å². The molecule has 0 radical (unpaired) electrons. The summed E-state index contributed by atoms with van der Waals surface area (Å²) in [5.74, 6) is -0.539. The topological polar surface area (TPSA) is 93.5 Å². The maximum absolute atomic E-state index is 11.7. The van der Waals surface area contributed by atoms with Crippen LogP contribution in [0.3, 0.4) is 0 Å². The van der Waals surface area contributed by atoms with Crippen molar-refractivity contribution < 1.29 is 14.3 Å². The minimum atomic E-state index is -0.290. The van der Waals surface area contributed by atoms with E-state index >= 15 is 0 Å². The fourth-order valence-corrected chi connectivity index (χ4v) is 2.07. The number of hydrogen-bond donors (Lipinski definition) is 3. The molecule has 1 aromatic heterocycles. The molecule has 100 valence electrons. The van der Waals surface area contributed by atoms with Crippen LogP contribution in [0.15, 0.2) is 6.07 Å². The zero-order valence-electron chi connectivity index (χ0n) is 10.4. The van der Waals surface area contributed by atoms with Gasteiger partial charge in [0.25, 0.3) is 5.91 Å². The molecule has 1 heterocycles. The predicted octanol–water partition coefficient (Wildman–Crippen LogP) is 0.131. The second kappa shape index (κ2) is 6.97. The van der Waals surface area contributed by atoms with Crippen molar-refractivity contribution in [3.63, 3.8) is 0 Å². The average molecular weight is 271 g/mol. The first kappa shape index (κ1) is 14.5. The van der Waals surface area contributed by atoms with E-state index in [0.717, 1.165) is 4.88 Å². The number of nitrogens with two attached hydrogens (primary N) is 1. The van der Waals surface area contributed by atoms with Gasteiger partial charge in [0, 0.05) is 24.2 Å². The van der Waals surface area contributed by atoms with Crippen molar-refractivity contribution in [1.82, 2.24) is 10.6 Å². The number of methoxy groups -OCH3 is 1. The number of nitrogen functional groups attached to an aromatic ring is 1. The van der Waals surface area contributed by atoms with Gasteiger partial charge < -0.3 is 21.1 Å². The van der Waals surface area contributed by atoms with Crippen LogP contribution in [0.2, 0.25) is 0 Å². The Hall–Kier alpha value is -1.60. The number of hydrogen-bond acceptors (Lipinski definition) is 5. The third-order valence-corrected chi connectivity index (χ3v) is 3.28. The van der Waals surface area contributed by atoms with Gasteiger partial charge in [-0.25, -0.2) is 0 Å². The molecule has 0 saturated carbocycles. The van der Waals surface area contributed by atoms with Gasteiger partial charge in [0.1, 0.15) is 0 Å². The smallest absolute Gasteiger partial charge is 0.261 e. The van der Waals surface area contributed by atoms with Gasteiger partial charge >= 0.3 is 0 Å². The lowest BCUT2D eigenvalue weighted by Gasteiger charge is -2.05. The summed E-state index contributed by atoms with van der Waals surface area (Å²) < 4.78 is 4.79. The molecule has 1 rings (SSSR count). The number of anilines is 1. The lowest BCUT2D eigenvalue weighted by molar-refractivity contribution is -0.120. The number of thiophene rings is 1. The lowest BCUT2D eigenvalue weighted by atomic mass is 10.3. The fraction of sp³-hybridized carbons (Fsp3) is 0.455. The largest absolute Gasteiger partial charge is 0.398 e. The minimum absolute atomic E-state index is 0.0562. The molecule has 0 fully saturated rings. The van der Waals surface area contributed by atoms with Crippen molar-refractivity contribution in [1.29, 1.82) is 0 Å². The van der Waals surface area contributed by atoms with Crippen molar-refractivity contribution in [3.8, 4) is 0 Å². The summed E-state index contributed by atoms with van der Waals surface area (Å²) in [5, 5.41) is 5.14. The first-order chi connectivity index (χ1) is 8.54. The molecule has 0 aliphatic heterocycles. The second-order valence-electron chi connectivity index (χ2n) is 3.65. The molecular weight excluding hydrogens is 254 g/mol. The lowest BCUT2D eigenvalue weighted by Crippen LogP contribution is -2.37. The summed E-state index contributed by atoms with van der Waals surface area (Å²) in [7, 11) is 1.55. The van der Waals surface area contributed by atoms with Crippen LogP contribution in [0.4, 0.5) is 5.69 Å². The Morgan fingerprint density at radius 3 is 2.72 bits per heavy atom. The molecule has 4 N–H and O–H groups in total. The Kier molecular flexibility index (Phi) is 5.60. The van der Waals surface area contributed by atoms with E-state index in [-0.39, 0.29) is 18.4 Å². The Morgan fingerprint density at radius 2 is 2.17 bits per heavy atom. The highest BCUT2D eigenvalue weighted by atomic mass is 32.1. The van der Waals surface area contributed by atoms with Crippen molar-refractivity contribution in [2.45, 2.75) is 6.92 Å². The van der Waals surface area contributed by atoms with Gasteiger partial charge in [0.15, 0.2) is 0 Å². The van der Waals surface area contributed by atoms with E-state index in [1.165, 1.54) is 11.3 Å². The van der Waals surface area contributed by atoms with Gasteiger partial charge in [0.2, 0.25) is 5.91 Å². The zero-order chi connectivity index (χ0) is 13.5. The number of carbonyl (C=O) groups excluding carboxylic acids is 2. The highest BCUT2D eigenvalue weighted by Crippen LogP contribution is 2.22. The Morgan fingerprint density at radius 1 is 1.44 bits per heavy atom. The summed E-state index contributed by atoms with van der Waals surface area (Å²) >= 11 is 1.31. The van der Waals surface area contributed by atoms with Gasteiger partial charge in [-0.3, -0.25) is 9.59 Å². The summed E-state index contributed by atoms with van der Waals surface area (Å²) in [6.07, 6.45) is 0. The zero-order valence-corrected chi connectivity index (χ0v) is 11.2. The van der Waals surface area contributed by atoms with Crippen LogP contribution in [-0.2, 0) is 9.53 Å². The number of nitrogens with one attached hydrogen (secondary N) is 2. The van der Waals surface area contributed by atoms with Gasteiger partial charge in [0.05, 0.1) is 18.0 Å². The minimum Gasteiger partial charge on any atom is -0.398 e. The molecule has 6 nitrogen and oxygen atoms in total. The number of aryl methyl sites for hydroxylation is 1. The number of amides is 2. The van der Waals surface area contributed by atoms with Crippen LogP contribution in [0.1, 0.15) is 14.5 Å². The second-order valence-corrected chi connectivity index (χ2v) is 4.90. The van der Waals surface area contributed by atoms with E-state index in [9.17, 15) is 9.59 Å². The quantitative estimate of drug-likeness (QED) is 0.641. The van der Waals surface area contributed by atoms with Gasteiger partial charge in [-0.05, 0) is 13.0 Å². The van der Waals surface area contributed by atoms with Crippen molar-refractivity contribution in [3.05, 3.63) is 15.8 Å². The summed E-state index contributed by atoms with van der Waals surface area (Å²) in [5.41, 5.74) is 6.24. The van der Waals surface area contributed by atoms with Crippen molar-refractivity contribution >= 4 is 28.8 Å². The van der Waals surface area contributed by atoms with Crippen LogP contribution >= 0.6 is 11.3 Å². The van der Waals surface area contributed by atoms with Crippen LogP contribution < -0.4 is 16.4 Å². The van der Waals surface area contributed by atoms with E-state index in [4.69, 9.17) is 10.5 Å². The van der Waals surface area contributed by atoms with Crippen LogP contribution in [-0.4, -0.2) is 38.6 Å².